The summed E-state index contributed by atoms with van der Waals surface area (Å²) in [5.41, 5.74) is 0. The Bertz CT molecular complexity index is 902. The van der Waals surface area contributed by atoms with Crippen LogP contribution in [0, 0.1) is 6.08 Å². The van der Waals surface area contributed by atoms with Gasteiger partial charge in [0, 0.05) is 13.8 Å². The largest absolute Gasteiger partial charge is 0.273 e. The maximum Gasteiger partial charge on any atom is -0.0771 e. The first-order chi connectivity index (χ1) is 14.1. The fourth-order valence-electron chi connectivity index (χ4n) is 2.24. The van der Waals surface area contributed by atoms with Crippen molar-refractivity contribution < 1.29 is 39.0 Å². The van der Waals surface area contributed by atoms with Gasteiger partial charge in [0.05, 0.1) is 0 Å². The Morgan fingerprint density at radius 1 is 0.933 bits per heavy atom. The quantitative estimate of drug-likeness (QED) is 0.322. The molecule has 2 N–H and O–H groups in total. The van der Waals surface area contributed by atoms with E-state index in [2.05, 4.69) is 99.0 Å². The standard InChI is InChI=1S/C13H9.C5H5.2C2H4O2.C2H6Si.Ti/c1-3-7-12-10(5-1)9-11-6-2-4-8-13(11)12;1-2-4-5-3-1;2*1-2(3)4;1-3-2;/h1-9H;1-3H,4H2;2*1H3,(H,3,4);1-2H3;/q2*-1;;;;+2. The number of allylic oxidation sites excluding steroid dienone is 4. The van der Waals surface area contributed by atoms with Gasteiger partial charge in [0.25, 0.3) is 11.9 Å². The fourth-order valence-corrected chi connectivity index (χ4v) is 2.24. The van der Waals surface area contributed by atoms with Crippen molar-refractivity contribution in [1.82, 2.24) is 0 Å². The summed E-state index contributed by atoms with van der Waals surface area (Å²) in [6, 6.07) is 19.3. The second kappa shape index (κ2) is 16.5. The molecule has 156 valence electrons. The molecule has 3 aromatic carbocycles. The van der Waals surface area contributed by atoms with Crippen LogP contribution in [0.5, 0.6) is 0 Å². The van der Waals surface area contributed by atoms with Gasteiger partial charge in [-0.1, -0.05) is 36.4 Å². The van der Waals surface area contributed by atoms with Crippen LogP contribution >= 0.6 is 0 Å². The minimum Gasteiger partial charge on any atom is -0.273 e. The van der Waals surface area contributed by atoms with E-state index in [1.54, 1.807) is 0 Å². The zero-order valence-corrected chi connectivity index (χ0v) is 20.4. The van der Waals surface area contributed by atoms with Crippen LogP contribution < -0.4 is 0 Å². The van der Waals surface area contributed by atoms with E-state index >= 15 is 0 Å². The van der Waals surface area contributed by atoms with Crippen molar-refractivity contribution in [3.8, 4) is 0 Å². The van der Waals surface area contributed by atoms with Crippen molar-refractivity contribution in [2.24, 2.45) is 0 Å². The van der Waals surface area contributed by atoms with Crippen molar-refractivity contribution in [3.05, 3.63) is 78.9 Å². The van der Waals surface area contributed by atoms with E-state index in [-0.39, 0.29) is 6.19 Å². The molecule has 4 rings (SSSR count). The number of hydrogen-bond donors (Lipinski definition) is 2. The number of fused-ring (bicyclic) bond motifs is 3. The van der Waals surface area contributed by atoms with Gasteiger partial charge in [0.2, 0.25) is 0 Å². The molecule has 1 aliphatic carbocycles. The third-order valence-electron chi connectivity index (χ3n) is 3.11. The summed E-state index contributed by atoms with van der Waals surface area (Å²) < 4.78 is 0. The van der Waals surface area contributed by atoms with Gasteiger partial charge in [-0.05, 0) is 0 Å². The molecular weight excluding hydrogens is 428 g/mol. The molecule has 0 radical (unpaired) electrons. The average Bonchev–Trinajstić information content (AvgIpc) is 3.32. The van der Waals surface area contributed by atoms with Crippen molar-refractivity contribution in [2.75, 3.05) is 0 Å². The van der Waals surface area contributed by atoms with Gasteiger partial charge in [-0.3, -0.25) is 15.7 Å². The number of carboxylic acid groups (broad SMARTS) is 2. The van der Waals surface area contributed by atoms with E-state index in [1.807, 2.05) is 12.2 Å². The number of hydrogen-bond acceptors (Lipinski definition) is 2. The normalized spacial score (nSPS) is 10.3. The summed E-state index contributed by atoms with van der Waals surface area (Å²) in [4.78, 5) is 18.0. The Balaban J connectivity index is 0.000000414. The van der Waals surface area contributed by atoms with Crippen LogP contribution in [0.25, 0.3) is 21.5 Å². The van der Waals surface area contributed by atoms with Crippen LogP contribution in [0.3, 0.4) is 0 Å². The molecule has 0 aromatic heterocycles. The third-order valence-corrected chi connectivity index (χ3v) is 3.11. The Labute approximate surface area is 190 Å². The zero-order chi connectivity index (χ0) is 22.9. The van der Waals surface area contributed by atoms with Crippen LogP contribution in [-0.4, -0.2) is 28.3 Å². The predicted molar refractivity (Wildman–Crippen MR) is 123 cm³/mol. The van der Waals surface area contributed by atoms with Crippen molar-refractivity contribution in [2.45, 2.75) is 33.4 Å². The van der Waals surface area contributed by atoms with E-state index in [1.165, 1.54) is 21.5 Å². The van der Waals surface area contributed by atoms with Crippen LogP contribution in [-0.2, 0) is 28.8 Å². The summed E-state index contributed by atoms with van der Waals surface area (Å²) in [6.45, 7) is 6.70. The summed E-state index contributed by atoms with van der Waals surface area (Å²) >= 11 is 2.27. The van der Waals surface area contributed by atoms with Crippen LogP contribution in [0.2, 0.25) is 13.1 Å². The molecule has 1 aliphatic rings. The average molecular weight is 456 g/mol. The Morgan fingerprint density at radius 3 is 1.57 bits per heavy atom. The smallest absolute Gasteiger partial charge is 0.0771 e. The second-order valence-corrected chi connectivity index (χ2v) is 13.0. The maximum atomic E-state index is 9.00. The first-order valence-corrected chi connectivity index (χ1v) is 14.1. The number of benzene rings is 2. The van der Waals surface area contributed by atoms with Gasteiger partial charge >= 0.3 is 38.5 Å². The minimum absolute atomic E-state index is 0.120. The first-order valence-electron chi connectivity index (χ1n) is 9.30. The number of rotatable bonds is 0. The van der Waals surface area contributed by atoms with E-state index in [4.69, 9.17) is 19.8 Å². The van der Waals surface area contributed by atoms with Gasteiger partial charge in [-0.2, -0.15) is 6.08 Å². The predicted octanol–water partition coefficient (Wildman–Crippen LogP) is 5.98. The van der Waals surface area contributed by atoms with Crippen molar-refractivity contribution in [3.63, 3.8) is 0 Å². The summed E-state index contributed by atoms with van der Waals surface area (Å²) in [5.74, 6) is -1.67. The molecule has 0 saturated carbocycles. The molecule has 0 atom stereocenters. The SMILES string of the molecule is CC(=O)O.CC(=O)O.C[Si](C)=[Ti+2].[C-]1=CC=CC1.c1ccc2c(c1)[cH-]c1ccccc12. The van der Waals surface area contributed by atoms with Gasteiger partial charge < -0.3 is 10.2 Å². The van der Waals surface area contributed by atoms with Crippen molar-refractivity contribution in [1.29, 1.82) is 0 Å². The molecule has 0 heterocycles. The number of aliphatic carboxylic acids is 2. The summed E-state index contributed by atoms with van der Waals surface area (Å²) in [7, 11) is 0. The molecule has 0 saturated heterocycles. The number of carboxylic acids is 2. The molecule has 0 fully saturated rings. The zero-order valence-electron chi connectivity index (χ0n) is 17.8. The van der Waals surface area contributed by atoms with E-state index in [9.17, 15) is 0 Å². The third kappa shape index (κ3) is 14.6. The van der Waals surface area contributed by atoms with E-state index in [0.717, 1.165) is 20.3 Å². The van der Waals surface area contributed by atoms with E-state index < -0.39 is 11.9 Å². The topological polar surface area (TPSA) is 74.6 Å². The molecule has 3 aromatic rings. The maximum absolute atomic E-state index is 9.00. The van der Waals surface area contributed by atoms with Gasteiger partial charge in [0.1, 0.15) is 0 Å². The monoisotopic (exact) mass is 456 g/mol. The molecule has 0 bridgehead atoms. The number of carbonyl (C=O) groups is 2. The van der Waals surface area contributed by atoms with Gasteiger partial charge in [-0.15, -0.1) is 46.2 Å². The summed E-state index contributed by atoms with van der Waals surface area (Å²) in [5, 5.41) is 20.2. The summed E-state index contributed by atoms with van der Waals surface area (Å²) in [6.07, 6.45) is 10.1. The van der Waals surface area contributed by atoms with Crippen LogP contribution in [0.4, 0.5) is 0 Å². The fraction of sp³-hybridized carbons (Fsp3) is 0.208. The van der Waals surface area contributed by atoms with Crippen LogP contribution in [0.1, 0.15) is 20.3 Å². The Kier molecular flexibility index (Phi) is 15.2. The molecule has 6 heteroatoms. The van der Waals surface area contributed by atoms with Gasteiger partial charge in [-0.25, -0.2) is 12.2 Å². The minimum atomic E-state index is -0.833. The molecule has 0 aliphatic heterocycles. The molecule has 4 nitrogen and oxygen atoms in total. The Hall–Kier alpha value is -2.34. The molecule has 0 amide bonds. The van der Waals surface area contributed by atoms with E-state index in [0.29, 0.717) is 0 Å². The molecular formula is C24H28O4SiTi. The second-order valence-electron chi connectivity index (χ2n) is 6.36. The van der Waals surface area contributed by atoms with Gasteiger partial charge in [0.15, 0.2) is 0 Å². The van der Waals surface area contributed by atoms with Crippen molar-refractivity contribution >= 4 is 39.7 Å². The van der Waals surface area contributed by atoms with Crippen LogP contribution in [0.15, 0.2) is 72.8 Å². The first kappa shape index (κ1) is 27.7. The molecule has 0 unspecified atom stereocenters. The molecule has 0 spiro atoms. The molecule has 30 heavy (non-hydrogen) atoms. The Morgan fingerprint density at radius 2 is 1.30 bits per heavy atom.